The van der Waals surface area contributed by atoms with E-state index >= 15 is 0 Å². The first-order valence-electron chi connectivity index (χ1n) is 7.72. The summed E-state index contributed by atoms with van der Waals surface area (Å²) >= 11 is 0. The first-order chi connectivity index (χ1) is 11.5. The van der Waals surface area contributed by atoms with Gasteiger partial charge in [0.1, 0.15) is 0 Å². The van der Waals surface area contributed by atoms with Crippen LogP contribution < -0.4 is 10.6 Å². The van der Waals surface area contributed by atoms with Crippen molar-refractivity contribution in [2.24, 2.45) is 4.99 Å². The fourth-order valence-corrected chi connectivity index (χ4v) is 1.80. The molecule has 2 N–H and O–H groups in total. The van der Waals surface area contributed by atoms with E-state index in [2.05, 4.69) is 15.6 Å². The van der Waals surface area contributed by atoms with Gasteiger partial charge in [-0.25, -0.2) is 4.99 Å². The van der Waals surface area contributed by atoms with Gasteiger partial charge in [-0.1, -0.05) is 12.1 Å². The molecular weight excluding hydrogens is 450 g/mol. The van der Waals surface area contributed by atoms with Crippen LogP contribution in [0, 0.1) is 0 Å². The predicted molar refractivity (Wildman–Crippen MR) is 102 cm³/mol. The fraction of sp³-hybridized carbons (Fsp3) is 0.562. The molecule has 0 aliphatic rings. The Morgan fingerprint density at radius 1 is 1.08 bits per heavy atom. The molecule has 0 heterocycles. The normalized spacial score (nSPS) is 11.8. The molecule has 0 aliphatic heterocycles. The molecule has 5 nitrogen and oxygen atoms in total. The second kappa shape index (κ2) is 13.2. The minimum Gasteiger partial charge on any atom is -0.382 e. The van der Waals surface area contributed by atoms with Crippen molar-refractivity contribution in [1.29, 1.82) is 0 Å². The van der Waals surface area contributed by atoms with E-state index in [-0.39, 0.29) is 30.5 Å². The van der Waals surface area contributed by atoms with Crippen LogP contribution in [0.2, 0.25) is 0 Å². The number of hydrogen-bond acceptors (Lipinski definition) is 3. The largest absolute Gasteiger partial charge is 0.416 e. The Morgan fingerprint density at radius 2 is 1.76 bits per heavy atom. The van der Waals surface area contributed by atoms with Crippen LogP contribution in [-0.2, 0) is 22.2 Å². The van der Waals surface area contributed by atoms with Crippen LogP contribution in [0.15, 0.2) is 29.3 Å². The standard InChI is InChI=1S/C16H24F3N3O2.HI/c1-3-20-15(21-8-9-24-11-10-23-2)22-12-13-4-6-14(7-5-13)16(17,18)19;/h4-7H,3,8-12H2,1-2H3,(H2,20,21,22);1H. The second-order valence-corrected chi connectivity index (χ2v) is 4.92. The number of nitrogens with one attached hydrogen (secondary N) is 2. The number of benzene rings is 1. The SMILES string of the molecule is CCNC(=NCc1ccc(C(F)(F)F)cc1)NCCOCCOC.I. The van der Waals surface area contributed by atoms with Crippen molar-refractivity contribution in [1.82, 2.24) is 10.6 Å². The molecule has 0 amide bonds. The zero-order valence-corrected chi connectivity index (χ0v) is 16.7. The molecule has 0 bridgehead atoms. The number of aliphatic imine (C=N–C) groups is 1. The van der Waals surface area contributed by atoms with Gasteiger partial charge in [0.25, 0.3) is 0 Å². The lowest BCUT2D eigenvalue weighted by Crippen LogP contribution is -2.39. The Kier molecular flexibility index (Phi) is 12.6. The van der Waals surface area contributed by atoms with Crippen molar-refractivity contribution in [3.05, 3.63) is 35.4 Å². The van der Waals surface area contributed by atoms with Gasteiger partial charge in [0.15, 0.2) is 5.96 Å². The molecule has 25 heavy (non-hydrogen) atoms. The number of hydrogen-bond donors (Lipinski definition) is 2. The van der Waals surface area contributed by atoms with Crippen LogP contribution >= 0.6 is 24.0 Å². The molecule has 0 atom stereocenters. The number of ether oxygens (including phenoxy) is 2. The summed E-state index contributed by atoms with van der Waals surface area (Å²) in [5, 5.41) is 6.17. The van der Waals surface area contributed by atoms with Crippen LogP contribution in [0.4, 0.5) is 13.2 Å². The summed E-state index contributed by atoms with van der Waals surface area (Å²) in [4.78, 5) is 4.34. The molecule has 0 saturated carbocycles. The molecule has 0 fully saturated rings. The first-order valence-corrected chi connectivity index (χ1v) is 7.72. The summed E-state index contributed by atoms with van der Waals surface area (Å²) in [5.41, 5.74) is 0.0463. The minimum absolute atomic E-state index is 0. The van der Waals surface area contributed by atoms with Gasteiger partial charge in [-0.3, -0.25) is 0 Å². The maximum absolute atomic E-state index is 12.5. The van der Waals surface area contributed by atoms with Gasteiger partial charge >= 0.3 is 6.18 Å². The summed E-state index contributed by atoms with van der Waals surface area (Å²) in [6.07, 6.45) is -4.32. The Bertz CT molecular complexity index is 496. The van der Waals surface area contributed by atoms with Crippen LogP contribution in [0.3, 0.4) is 0 Å². The highest BCUT2D eigenvalue weighted by Crippen LogP contribution is 2.29. The number of rotatable bonds is 9. The smallest absolute Gasteiger partial charge is 0.382 e. The van der Waals surface area contributed by atoms with E-state index in [9.17, 15) is 13.2 Å². The lowest BCUT2D eigenvalue weighted by molar-refractivity contribution is -0.137. The van der Waals surface area contributed by atoms with E-state index in [1.165, 1.54) is 12.1 Å². The number of guanidine groups is 1. The van der Waals surface area contributed by atoms with Crippen LogP contribution in [0.25, 0.3) is 0 Å². The molecule has 1 aromatic carbocycles. The van der Waals surface area contributed by atoms with E-state index in [4.69, 9.17) is 9.47 Å². The second-order valence-electron chi connectivity index (χ2n) is 4.92. The summed E-state index contributed by atoms with van der Waals surface area (Å²) < 4.78 is 47.8. The molecular formula is C16H25F3IN3O2. The lowest BCUT2D eigenvalue weighted by atomic mass is 10.1. The zero-order valence-electron chi connectivity index (χ0n) is 14.4. The van der Waals surface area contributed by atoms with Crippen molar-refractivity contribution in [2.75, 3.05) is 40.0 Å². The minimum atomic E-state index is -4.32. The Hall–Kier alpha value is -1.07. The first kappa shape index (κ1) is 23.9. The molecule has 0 aromatic heterocycles. The molecule has 9 heteroatoms. The topological polar surface area (TPSA) is 54.9 Å². The maximum atomic E-state index is 12.5. The summed E-state index contributed by atoms with van der Waals surface area (Å²) in [5.74, 6) is 0.590. The average Bonchev–Trinajstić information content (AvgIpc) is 2.55. The van der Waals surface area contributed by atoms with Crippen molar-refractivity contribution >= 4 is 29.9 Å². The molecule has 1 rings (SSSR count). The highest BCUT2D eigenvalue weighted by Gasteiger charge is 2.29. The van der Waals surface area contributed by atoms with Crippen molar-refractivity contribution in [3.63, 3.8) is 0 Å². The molecule has 1 aromatic rings. The molecule has 0 radical (unpaired) electrons. The zero-order chi connectivity index (χ0) is 17.8. The van der Waals surface area contributed by atoms with Crippen LogP contribution in [0.1, 0.15) is 18.1 Å². The van der Waals surface area contributed by atoms with E-state index in [0.717, 1.165) is 12.1 Å². The summed E-state index contributed by atoms with van der Waals surface area (Å²) in [7, 11) is 1.61. The quantitative estimate of drug-likeness (QED) is 0.250. The molecule has 144 valence electrons. The van der Waals surface area contributed by atoms with E-state index in [1.807, 2.05) is 6.92 Å². The van der Waals surface area contributed by atoms with Crippen LogP contribution in [-0.4, -0.2) is 46.0 Å². The van der Waals surface area contributed by atoms with Gasteiger partial charge in [0.2, 0.25) is 0 Å². The number of nitrogens with zero attached hydrogens (tertiary/aromatic N) is 1. The third-order valence-electron chi connectivity index (χ3n) is 3.02. The molecule has 0 saturated heterocycles. The molecule has 0 spiro atoms. The van der Waals surface area contributed by atoms with Crippen molar-refractivity contribution in [2.45, 2.75) is 19.6 Å². The third kappa shape index (κ3) is 10.5. The molecule has 0 unspecified atom stereocenters. The van der Waals surface area contributed by atoms with E-state index in [1.54, 1.807) is 7.11 Å². The van der Waals surface area contributed by atoms with Gasteiger partial charge in [0, 0.05) is 20.2 Å². The summed E-state index contributed by atoms with van der Waals surface area (Å²) in [6.45, 7) is 5.06. The maximum Gasteiger partial charge on any atom is 0.416 e. The number of alkyl halides is 3. The van der Waals surface area contributed by atoms with Gasteiger partial charge in [-0.2, -0.15) is 13.2 Å². The highest BCUT2D eigenvalue weighted by atomic mass is 127. The molecule has 0 aliphatic carbocycles. The third-order valence-corrected chi connectivity index (χ3v) is 3.02. The van der Waals surface area contributed by atoms with Gasteiger partial charge in [0.05, 0.1) is 31.9 Å². The lowest BCUT2D eigenvalue weighted by Gasteiger charge is -2.12. The van der Waals surface area contributed by atoms with Gasteiger partial charge in [-0.05, 0) is 24.6 Å². The van der Waals surface area contributed by atoms with Gasteiger partial charge in [-0.15, -0.1) is 24.0 Å². The predicted octanol–water partition coefficient (Wildman–Crippen LogP) is 3.04. The van der Waals surface area contributed by atoms with E-state index < -0.39 is 11.7 Å². The monoisotopic (exact) mass is 475 g/mol. The van der Waals surface area contributed by atoms with Crippen molar-refractivity contribution < 1.29 is 22.6 Å². The Balaban J connectivity index is 0.00000576. The van der Waals surface area contributed by atoms with Crippen LogP contribution in [0.5, 0.6) is 0 Å². The number of halogens is 4. The van der Waals surface area contributed by atoms with Crippen molar-refractivity contribution in [3.8, 4) is 0 Å². The number of methoxy groups -OCH3 is 1. The fourth-order valence-electron chi connectivity index (χ4n) is 1.80. The van der Waals surface area contributed by atoms with E-state index in [0.29, 0.717) is 44.4 Å². The average molecular weight is 475 g/mol. The highest BCUT2D eigenvalue weighted by molar-refractivity contribution is 14.0. The Labute approximate surface area is 163 Å². The summed E-state index contributed by atoms with van der Waals surface area (Å²) in [6, 6.07) is 5.00. The Morgan fingerprint density at radius 3 is 2.32 bits per heavy atom. The van der Waals surface area contributed by atoms with Gasteiger partial charge < -0.3 is 20.1 Å².